The molecule has 1 atom stereocenters. The molecule has 0 saturated heterocycles. The Morgan fingerprint density at radius 1 is 1.59 bits per heavy atom. The average molecular weight is 253 g/mol. The Kier molecular flexibility index (Phi) is 3.63. The number of hydrogen-bond donors (Lipinski definition) is 1. The highest BCUT2D eigenvalue weighted by atomic mass is 32.2. The third-order valence-corrected chi connectivity index (χ3v) is 3.94. The van der Waals surface area contributed by atoms with E-state index in [0.29, 0.717) is 10.9 Å². The number of rotatable bonds is 5. The molecule has 0 aliphatic heterocycles. The minimum absolute atomic E-state index is 0.228. The van der Waals surface area contributed by atoms with Crippen LogP contribution in [0.15, 0.2) is 23.6 Å². The molecule has 1 aromatic heterocycles. The Morgan fingerprint density at radius 3 is 2.76 bits per heavy atom. The summed E-state index contributed by atoms with van der Waals surface area (Å²) < 4.78 is 4.79. The van der Waals surface area contributed by atoms with Gasteiger partial charge in [-0.25, -0.2) is 9.97 Å². The number of thioether (sulfide) groups is 1. The van der Waals surface area contributed by atoms with Crippen LogP contribution in [0.4, 0.5) is 0 Å². The lowest BCUT2D eigenvalue weighted by molar-refractivity contribution is -0.146. The standard InChI is InChI=1S/C11H15N3O2S/c1-16-9(15)11(12,8-3-4-8)7-17-10-13-5-2-6-14-10/h2,5-6,8H,3-4,7,12H2,1H3. The Labute approximate surface area is 104 Å². The number of ether oxygens (including phenoxy) is 1. The van der Waals surface area contributed by atoms with Gasteiger partial charge in [-0.1, -0.05) is 11.8 Å². The Hall–Kier alpha value is -1.14. The van der Waals surface area contributed by atoms with E-state index < -0.39 is 5.54 Å². The molecule has 1 aromatic rings. The van der Waals surface area contributed by atoms with E-state index in [1.165, 1.54) is 18.9 Å². The SMILES string of the molecule is COC(=O)C(N)(CSc1ncccn1)C1CC1. The fourth-order valence-electron chi connectivity index (χ4n) is 1.68. The molecule has 2 rings (SSSR count). The summed E-state index contributed by atoms with van der Waals surface area (Å²) in [5.74, 6) is 0.337. The molecule has 5 nitrogen and oxygen atoms in total. The monoisotopic (exact) mass is 253 g/mol. The van der Waals surface area contributed by atoms with Crippen molar-refractivity contribution >= 4 is 17.7 Å². The molecule has 1 fully saturated rings. The zero-order chi connectivity index (χ0) is 12.3. The van der Waals surface area contributed by atoms with Crippen LogP contribution < -0.4 is 5.73 Å². The maximum atomic E-state index is 11.7. The predicted octanol–water partition coefficient (Wildman–Crippen LogP) is 0.849. The van der Waals surface area contributed by atoms with Crippen LogP contribution in [-0.4, -0.2) is 34.3 Å². The summed E-state index contributed by atoms with van der Waals surface area (Å²) in [6, 6.07) is 1.75. The molecular formula is C11H15N3O2S. The molecule has 0 radical (unpaired) electrons. The summed E-state index contributed by atoms with van der Waals surface area (Å²) in [5.41, 5.74) is 5.25. The molecule has 2 N–H and O–H groups in total. The zero-order valence-corrected chi connectivity index (χ0v) is 10.4. The van der Waals surface area contributed by atoms with Crippen LogP contribution in [0, 0.1) is 5.92 Å². The molecule has 0 bridgehead atoms. The number of methoxy groups -OCH3 is 1. The molecule has 1 unspecified atom stereocenters. The van der Waals surface area contributed by atoms with Gasteiger partial charge in [0.1, 0.15) is 5.54 Å². The summed E-state index contributed by atoms with van der Waals surface area (Å²) >= 11 is 1.39. The number of carbonyl (C=O) groups excluding carboxylic acids is 1. The van der Waals surface area contributed by atoms with E-state index in [9.17, 15) is 4.79 Å². The number of aromatic nitrogens is 2. The van der Waals surface area contributed by atoms with Crippen molar-refractivity contribution in [1.29, 1.82) is 0 Å². The second kappa shape index (κ2) is 5.01. The van der Waals surface area contributed by atoms with Gasteiger partial charge in [-0.2, -0.15) is 0 Å². The van der Waals surface area contributed by atoms with Crippen molar-refractivity contribution in [2.24, 2.45) is 11.7 Å². The first-order chi connectivity index (χ1) is 8.16. The molecule has 0 amide bonds. The Balaban J connectivity index is 2.01. The van der Waals surface area contributed by atoms with Crippen LogP contribution in [0.1, 0.15) is 12.8 Å². The zero-order valence-electron chi connectivity index (χ0n) is 9.63. The molecule has 1 aliphatic carbocycles. The van der Waals surface area contributed by atoms with Crippen molar-refractivity contribution in [2.75, 3.05) is 12.9 Å². The van der Waals surface area contributed by atoms with E-state index in [2.05, 4.69) is 9.97 Å². The fraction of sp³-hybridized carbons (Fsp3) is 0.545. The third-order valence-electron chi connectivity index (χ3n) is 2.85. The fourth-order valence-corrected chi connectivity index (χ4v) is 2.67. The van der Waals surface area contributed by atoms with Gasteiger partial charge in [0.15, 0.2) is 5.16 Å². The summed E-state index contributed by atoms with van der Waals surface area (Å²) in [7, 11) is 1.37. The first kappa shape index (κ1) is 12.3. The van der Waals surface area contributed by atoms with E-state index in [0.717, 1.165) is 12.8 Å². The maximum Gasteiger partial charge on any atom is 0.327 e. The smallest absolute Gasteiger partial charge is 0.327 e. The van der Waals surface area contributed by atoms with Gasteiger partial charge in [-0.15, -0.1) is 0 Å². The van der Waals surface area contributed by atoms with Crippen LogP contribution in [-0.2, 0) is 9.53 Å². The van der Waals surface area contributed by atoms with Gasteiger partial charge in [0, 0.05) is 18.1 Å². The van der Waals surface area contributed by atoms with Gasteiger partial charge in [0.2, 0.25) is 0 Å². The van der Waals surface area contributed by atoms with Crippen LogP contribution in [0.2, 0.25) is 0 Å². The van der Waals surface area contributed by atoms with Crippen LogP contribution in [0.5, 0.6) is 0 Å². The van der Waals surface area contributed by atoms with Gasteiger partial charge in [0.25, 0.3) is 0 Å². The largest absolute Gasteiger partial charge is 0.468 e. The molecule has 1 saturated carbocycles. The highest BCUT2D eigenvalue weighted by molar-refractivity contribution is 7.99. The number of hydrogen-bond acceptors (Lipinski definition) is 6. The van der Waals surface area contributed by atoms with Crippen molar-refractivity contribution in [3.63, 3.8) is 0 Å². The van der Waals surface area contributed by atoms with Crippen LogP contribution >= 0.6 is 11.8 Å². The maximum absolute atomic E-state index is 11.7. The van der Waals surface area contributed by atoms with Gasteiger partial charge < -0.3 is 10.5 Å². The van der Waals surface area contributed by atoms with Gasteiger partial charge in [-0.3, -0.25) is 4.79 Å². The number of nitrogens with zero attached hydrogens (tertiary/aromatic N) is 2. The van der Waals surface area contributed by atoms with Gasteiger partial charge >= 0.3 is 5.97 Å². The van der Waals surface area contributed by atoms with Crippen molar-refractivity contribution in [1.82, 2.24) is 9.97 Å². The average Bonchev–Trinajstić information content (AvgIpc) is 3.20. The van der Waals surface area contributed by atoms with Crippen LogP contribution in [0.3, 0.4) is 0 Å². The van der Waals surface area contributed by atoms with Crippen molar-refractivity contribution in [2.45, 2.75) is 23.5 Å². The second-order valence-corrected chi connectivity index (χ2v) is 5.07. The lowest BCUT2D eigenvalue weighted by Gasteiger charge is -2.25. The molecule has 1 heterocycles. The topological polar surface area (TPSA) is 78.1 Å². The van der Waals surface area contributed by atoms with Crippen molar-refractivity contribution < 1.29 is 9.53 Å². The van der Waals surface area contributed by atoms with Crippen LogP contribution in [0.25, 0.3) is 0 Å². The highest BCUT2D eigenvalue weighted by Crippen LogP contribution is 2.41. The third kappa shape index (κ3) is 2.76. The van der Waals surface area contributed by atoms with E-state index in [4.69, 9.17) is 10.5 Å². The molecular weight excluding hydrogens is 238 g/mol. The minimum atomic E-state index is -0.904. The highest BCUT2D eigenvalue weighted by Gasteiger charge is 2.49. The van der Waals surface area contributed by atoms with Crippen molar-refractivity contribution in [3.8, 4) is 0 Å². The molecule has 0 spiro atoms. The summed E-state index contributed by atoms with van der Waals surface area (Å²) in [5, 5.41) is 0.631. The molecule has 17 heavy (non-hydrogen) atoms. The van der Waals surface area contributed by atoms with E-state index in [1.54, 1.807) is 18.5 Å². The molecule has 0 aromatic carbocycles. The van der Waals surface area contributed by atoms with E-state index in [-0.39, 0.29) is 11.9 Å². The first-order valence-corrected chi connectivity index (χ1v) is 6.42. The first-order valence-electron chi connectivity index (χ1n) is 5.44. The Morgan fingerprint density at radius 2 is 2.24 bits per heavy atom. The molecule has 92 valence electrons. The minimum Gasteiger partial charge on any atom is -0.468 e. The number of carbonyl (C=O) groups is 1. The summed E-state index contributed by atoms with van der Waals surface area (Å²) in [6.07, 6.45) is 5.31. The lowest BCUT2D eigenvalue weighted by Crippen LogP contribution is -2.53. The summed E-state index contributed by atoms with van der Waals surface area (Å²) in [6.45, 7) is 0. The normalized spacial score (nSPS) is 18.5. The molecule has 6 heteroatoms. The summed E-state index contributed by atoms with van der Waals surface area (Å²) in [4.78, 5) is 19.9. The van der Waals surface area contributed by atoms with E-state index in [1.807, 2.05) is 0 Å². The Bertz CT molecular complexity index is 397. The lowest BCUT2D eigenvalue weighted by atomic mass is 9.97. The van der Waals surface area contributed by atoms with Crippen molar-refractivity contribution in [3.05, 3.63) is 18.5 Å². The van der Waals surface area contributed by atoms with Gasteiger partial charge in [-0.05, 0) is 24.8 Å². The quantitative estimate of drug-likeness (QED) is 0.476. The van der Waals surface area contributed by atoms with Gasteiger partial charge in [0.05, 0.1) is 7.11 Å². The van der Waals surface area contributed by atoms with E-state index >= 15 is 0 Å². The number of esters is 1. The molecule has 1 aliphatic rings. The predicted molar refractivity (Wildman–Crippen MR) is 64.4 cm³/mol. The second-order valence-electron chi connectivity index (χ2n) is 4.13. The number of nitrogens with two attached hydrogens (primary N) is 1.